The Balaban J connectivity index is 2.21. The molecule has 0 atom stereocenters. The van der Waals surface area contributed by atoms with Crippen LogP contribution in [0.3, 0.4) is 0 Å². The molecule has 0 aromatic heterocycles. The Morgan fingerprint density at radius 1 is 1.24 bits per heavy atom. The van der Waals surface area contributed by atoms with Gasteiger partial charge in [0.25, 0.3) is 0 Å². The third-order valence-corrected chi connectivity index (χ3v) is 4.79. The molecule has 0 saturated carbocycles. The standard InChI is InChI=1S/C16H23F3N2/c1-3-15(2)6-8-21(9-7-15)14-5-4-13(16(17,18)19)10-12(14)11-20/h4-5,10H,3,6-9,11,20H2,1-2H3. The lowest BCUT2D eigenvalue weighted by molar-refractivity contribution is -0.137. The summed E-state index contributed by atoms with van der Waals surface area (Å²) in [7, 11) is 0. The fraction of sp³-hybridized carbons (Fsp3) is 0.625. The van der Waals surface area contributed by atoms with E-state index >= 15 is 0 Å². The predicted molar refractivity (Wildman–Crippen MR) is 79.2 cm³/mol. The van der Waals surface area contributed by atoms with E-state index in [1.165, 1.54) is 6.07 Å². The third kappa shape index (κ3) is 3.51. The van der Waals surface area contributed by atoms with Crippen LogP contribution in [0.4, 0.5) is 18.9 Å². The Morgan fingerprint density at radius 3 is 2.33 bits per heavy atom. The molecule has 0 spiro atoms. The Labute approximate surface area is 124 Å². The van der Waals surface area contributed by atoms with E-state index in [9.17, 15) is 13.2 Å². The van der Waals surface area contributed by atoms with Gasteiger partial charge in [-0.15, -0.1) is 0 Å². The fourth-order valence-electron chi connectivity index (χ4n) is 2.87. The molecule has 1 saturated heterocycles. The molecule has 2 N–H and O–H groups in total. The average molecular weight is 300 g/mol. The predicted octanol–water partition coefficient (Wildman–Crippen LogP) is 4.18. The summed E-state index contributed by atoms with van der Waals surface area (Å²) in [5.74, 6) is 0. The average Bonchev–Trinajstić information content (AvgIpc) is 2.46. The summed E-state index contributed by atoms with van der Waals surface area (Å²) < 4.78 is 38.3. The Morgan fingerprint density at radius 2 is 1.86 bits per heavy atom. The largest absolute Gasteiger partial charge is 0.416 e. The van der Waals surface area contributed by atoms with Gasteiger partial charge in [-0.05, 0) is 42.0 Å². The highest BCUT2D eigenvalue weighted by molar-refractivity contribution is 5.55. The van der Waals surface area contributed by atoms with Crippen LogP contribution < -0.4 is 10.6 Å². The van der Waals surface area contributed by atoms with Gasteiger partial charge in [0, 0.05) is 25.3 Å². The molecule has 1 fully saturated rings. The molecule has 2 rings (SSSR count). The van der Waals surface area contributed by atoms with Crippen LogP contribution >= 0.6 is 0 Å². The lowest BCUT2D eigenvalue weighted by Gasteiger charge is -2.40. The molecule has 0 unspecified atom stereocenters. The van der Waals surface area contributed by atoms with Crippen LogP contribution in [-0.4, -0.2) is 13.1 Å². The van der Waals surface area contributed by atoms with Crippen molar-refractivity contribution in [2.45, 2.75) is 45.8 Å². The number of benzene rings is 1. The van der Waals surface area contributed by atoms with E-state index in [4.69, 9.17) is 5.73 Å². The summed E-state index contributed by atoms with van der Waals surface area (Å²) >= 11 is 0. The highest BCUT2D eigenvalue weighted by atomic mass is 19.4. The van der Waals surface area contributed by atoms with Crippen molar-refractivity contribution in [2.24, 2.45) is 11.1 Å². The molecule has 21 heavy (non-hydrogen) atoms. The van der Waals surface area contributed by atoms with Crippen molar-refractivity contribution in [3.63, 3.8) is 0 Å². The fourth-order valence-corrected chi connectivity index (χ4v) is 2.87. The summed E-state index contributed by atoms with van der Waals surface area (Å²) in [5.41, 5.74) is 6.81. The zero-order chi connectivity index (χ0) is 15.7. The second kappa shape index (κ2) is 5.87. The summed E-state index contributed by atoms with van der Waals surface area (Å²) in [5, 5.41) is 0. The molecule has 118 valence electrons. The first kappa shape index (κ1) is 16.1. The number of alkyl halides is 3. The van der Waals surface area contributed by atoms with Crippen LogP contribution in [0.15, 0.2) is 18.2 Å². The summed E-state index contributed by atoms with van der Waals surface area (Å²) in [6.07, 6.45) is -1.05. The molecule has 0 radical (unpaired) electrons. The number of nitrogens with two attached hydrogens (primary N) is 1. The van der Waals surface area contributed by atoms with Gasteiger partial charge in [0.15, 0.2) is 0 Å². The van der Waals surface area contributed by atoms with Gasteiger partial charge in [-0.3, -0.25) is 0 Å². The summed E-state index contributed by atoms with van der Waals surface area (Å²) in [6, 6.07) is 3.91. The van der Waals surface area contributed by atoms with Gasteiger partial charge in [0.2, 0.25) is 0 Å². The van der Waals surface area contributed by atoms with E-state index < -0.39 is 11.7 Å². The van der Waals surface area contributed by atoms with Gasteiger partial charge < -0.3 is 10.6 Å². The van der Waals surface area contributed by atoms with Crippen LogP contribution in [0.25, 0.3) is 0 Å². The molecule has 1 heterocycles. The van der Waals surface area contributed by atoms with Gasteiger partial charge in [-0.25, -0.2) is 0 Å². The molecule has 1 aromatic carbocycles. The second-order valence-corrected chi connectivity index (χ2v) is 6.20. The maximum atomic E-state index is 12.8. The van der Waals surface area contributed by atoms with Gasteiger partial charge in [0.1, 0.15) is 0 Å². The van der Waals surface area contributed by atoms with Crippen LogP contribution in [-0.2, 0) is 12.7 Å². The molecule has 1 aliphatic rings. The molecule has 0 bridgehead atoms. The molecule has 2 nitrogen and oxygen atoms in total. The normalized spacial score (nSPS) is 18.9. The molecular formula is C16H23F3N2. The Bertz CT molecular complexity index is 489. The van der Waals surface area contributed by atoms with E-state index in [-0.39, 0.29) is 6.54 Å². The minimum Gasteiger partial charge on any atom is -0.371 e. The number of nitrogens with zero attached hydrogens (tertiary/aromatic N) is 1. The molecule has 5 heteroatoms. The summed E-state index contributed by atoms with van der Waals surface area (Å²) in [6.45, 7) is 6.35. The van der Waals surface area contributed by atoms with Crippen molar-refractivity contribution in [1.82, 2.24) is 0 Å². The molecular weight excluding hydrogens is 277 g/mol. The van der Waals surface area contributed by atoms with Crippen molar-refractivity contribution in [1.29, 1.82) is 0 Å². The topological polar surface area (TPSA) is 29.3 Å². The van der Waals surface area contributed by atoms with E-state index in [1.807, 2.05) is 0 Å². The lowest BCUT2D eigenvalue weighted by Crippen LogP contribution is -2.39. The van der Waals surface area contributed by atoms with Crippen LogP contribution in [0.5, 0.6) is 0 Å². The number of anilines is 1. The van der Waals surface area contributed by atoms with Crippen molar-refractivity contribution in [3.05, 3.63) is 29.3 Å². The van der Waals surface area contributed by atoms with Crippen LogP contribution in [0, 0.1) is 5.41 Å². The molecule has 1 aliphatic heterocycles. The number of hydrogen-bond donors (Lipinski definition) is 1. The number of rotatable bonds is 3. The van der Waals surface area contributed by atoms with Crippen molar-refractivity contribution >= 4 is 5.69 Å². The van der Waals surface area contributed by atoms with E-state index in [0.717, 1.165) is 44.1 Å². The lowest BCUT2D eigenvalue weighted by atomic mass is 9.78. The monoisotopic (exact) mass is 300 g/mol. The Kier molecular flexibility index (Phi) is 4.51. The van der Waals surface area contributed by atoms with Crippen molar-refractivity contribution in [3.8, 4) is 0 Å². The third-order valence-electron chi connectivity index (χ3n) is 4.79. The minimum absolute atomic E-state index is 0.126. The first-order chi connectivity index (χ1) is 9.79. The van der Waals surface area contributed by atoms with Crippen LogP contribution in [0.2, 0.25) is 0 Å². The smallest absolute Gasteiger partial charge is 0.371 e. The second-order valence-electron chi connectivity index (χ2n) is 6.20. The van der Waals surface area contributed by atoms with Crippen molar-refractivity contribution < 1.29 is 13.2 Å². The van der Waals surface area contributed by atoms with E-state index in [2.05, 4.69) is 18.7 Å². The molecule has 0 amide bonds. The van der Waals surface area contributed by atoms with Crippen LogP contribution in [0.1, 0.15) is 44.2 Å². The van der Waals surface area contributed by atoms with Gasteiger partial charge >= 0.3 is 6.18 Å². The van der Waals surface area contributed by atoms with Gasteiger partial charge in [0.05, 0.1) is 5.56 Å². The first-order valence-corrected chi connectivity index (χ1v) is 7.44. The van der Waals surface area contributed by atoms with E-state index in [0.29, 0.717) is 11.0 Å². The quantitative estimate of drug-likeness (QED) is 0.907. The maximum Gasteiger partial charge on any atom is 0.416 e. The molecule has 0 aliphatic carbocycles. The SMILES string of the molecule is CCC1(C)CCN(c2ccc(C(F)(F)F)cc2CN)CC1. The van der Waals surface area contributed by atoms with E-state index in [1.54, 1.807) is 6.07 Å². The highest BCUT2D eigenvalue weighted by Crippen LogP contribution is 2.38. The first-order valence-electron chi connectivity index (χ1n) is 7.44. The number of piperidine rings is 1. The van der Waals surface area contributed by atoms with Gasteiger partial charge in [-0.1, -0.05) is 20.3 Å². The Hall–Kier alpha value is -1.23. The zero-order valence-corrected chi connectivity index (χ0v) is 12.6. The number of hydrogen-bond acceptors (Lipinski definition) is 2. The number of halogens is 3. The zero-order valence-electron chi connectivity index (χ0n) is 12.6. The van der Waals surface area contributed by atoms with Crippen molar-refractivity contribution in [2.75, 3.05) is 18.0 Å². The minimum atomic E-state index is -4.31. The highest BCUT2D eigenvalue weighted by Gasteiger charge is 2.32. The maximum absolute atomic E-state index is 12.8. The summed E-state index contributed by atoms with van der Waals surface area (Å²) in [4.78, 5) is 2.17. The molecule has 1 aromatic rings. The van der Waals surface area contributed by atoms with Gasteiger partial charge in [-0.2, -0.15) is 13.2 Å².